The molecule has 0 aromatic heterocycles. The van der Waals surface area contributed by atoms with Crippen molar-refractivity contribution >= 4 is 10.4 Å². The molecule has 0 aliphatic carbocycles. The van der Waals surface area contributed by atoms with Crippen molar-refractivity contribution in [2.75, 3.05) is 0 Å². The first-order chi connectivity index (χ1) is 2.00. The third kappa shape index (κ3) is 161. The second-order valence-corrected chi connectivity index (χ2v) is 1.34. The van der Waals surface area contributed by atoms with Gasteiger partial charge in [-0.1, -0.05) is 0 Å². The summed E-state index contributed by atoms with van der Waals surface area (Å²) >= 11 is 0. The topological polar surface area (TPSA) is 74.6 Å². The molecule has 6 heavy (non-hydrogen) atoms. The Labute approximate surface area is 50.6 Å². The third-order valence-electron chi connectivity index (χ3n) is 0. The van der Waals surface area contributed by atoms with E-state index < -0.39 is 10.4 Å². The van der Waals surface area contributed by atoms with Crippen LogP contribution < -0.4 is 0 Å². The summed E-state index contributed by atoms with van der Waals surface area (Å²) in [5.41, 5.74) is 0. The molecule has 37 valence electrons. The Balaban J connectivity index is 0. The van der Waals surface area contributed by atoms with Gasteiger partial charge in [0.2, 0.25) is 0 Å². The van der Waals surface area contributed by atoms with Gasteiger partial charge < -0.3 is 0 Å². The molecule has 0 rings (SSSR count). The van der Waals surface area contributed by atoms with Crippen LogP contribution in [-0.4, -0.2) is 17.5 Å². The Bertz CT molecular complexity index is 90.7. The monoisotopic (exact) mass is 279 g/mol. The van der Waals surface area contributed by atoms with Gasteiger partial charge in [-0.25, -0.2) is 0 Å². The van der Waals surface area contributed by atoms with Gasteiger partial charge in [0.25, 0.3) is 0 Å². The summed E-state index contributed by atoms with van der Waals surface area (Å²) in [4.78, 5) is 0. The summed E-state index contributed by atoms with van der Waals surface area (Å²) in [6.07, 6.45) is 0. The van der Waals surface area contributed by atoms with Crippen molar-refractivity contribution < 1.29 is 39.9 Å². The van der Waals surface area contributed by atoms with Crippen LogP contribution in [0.25, 0.3) is 0 Å². The molecule has 6 heteroatoms. The molecule has 0 heterocycles. The molecule has 2 N–H and O–H groups in total. The first-order valence-electron chi connectivity index (χ1n) is 0.698. The van der Waals surface area contributed by atoms with Crippen molar-refractivity contribution in [3.63, 3.8) is 0 Å². The fraction of sp³-hybridized carbons (Fsp3) is 0. The normalized spacial score (nSPS) is 9.67. The van der Waals surface area contributed by atoms with Gasteiger partial charge in [0, 0.05) is 22.4 Å². The molecule has 4 nitrogen and oxygen atoms in total. The molecule has 0 aliphatic heterocycles. The molecule has 0 unspecified atom stereocenters. The summed E-state index contributed by atoms with van der Waals surface area (Å²) in [6, 6.07) is 0. The molecule has 0 spiro atoms. The van der Waals surface area contributed by atoms with Gasteiger partial charge in [-0.2, -0.15) is 8.42 Å². The van der Waals surface area contributed by atoms with E-state index in [0.717, 1.165) is 0 Å². The van der Waals surface area contributed by atoms with Crippen LogP contribution in [0.15, 0.2) is 0 Å². The van der Waals surface area contributed by atoms with E-state index in [1.165, 1.54) is 0 Å². The molecular formula is H2O4STa. The maximum absolute atomic E-state index is 8.74. The van der Waals surface area contributed by atoms with Gasteiger partial charge in [0.1, 0.15) is 0 Å². The molecule has 0 saturated heterocycles. The van der Waals surface area contributed by atoms with Crippen LogP contribution >= 0.6 is 0 Å². The smallest absolute Gasteiger partial charge is 0.264 e. The molecular weight excluding hydrogens is 277 g/mol. The average Bonchev–Trinajstić information content (AvgIpc) is 0.722. The minimum absolute atomic E-state index is 0. The van der Waals surface area contributed by atoms with E-state index in [2.05, 4.69) is 0 Å². The maximum Gasteiger partial charge on any atom is 0.394 e. The first kappa shape index (κ1) is 9.79. The fourth-order valence-corrected chi connectivity index (χ4v) is 0. The summed E-state index contributed by atoms with van der Waals surface area (Å²) in [5, 5.41) is 0. The van der Waals surface area contributed by atoms with Gasteiger partial charge in [0.15, 0.2) is 0 Å². The molecule has 0 saturated carbocycles. The summed E-state index contributed by atoms with van der Waals surface area (Å²) in [7, 11) is -4.67. The van der Waals surface area contributed by atoms with E-state index >= 15 is 0 Å². The molecule has 0 atom stereocenters. The van der Waals surface area contributed by atoms with E-state index in [4.69, 9.17) is 17.5 Å². The number of rotatable bonds is 0. The molecule has 0 aromatic rings. The SMILES string of the molecule is O=S(=O)(O)O.[Ta]. The zero-order chi connectivity index (χ0) is 4.50. The Kier molecular flexibility index (Phi) is 4.45. The summed E-state index contributed by atoms with van der Waals surface area (Å²) < 4.78 is 31.6. The molecule has 0 fully saturated rings. The molecule has 0 aromatic carbocycles. The standard InChI is InChI=1S/H2O4S.Ta/c1-5(2,3)4;/h(H2,1,2,3,4);. The van der Waals surface area contributed by atoms with Crippen LogP contribution in [0.5, 0.6) is 0 Å². The van der Waals surface area contributed by atoms with Crippen molar-refractivity contribution in [3.8, 4) is 0 Å². The predicted octanol–water partition coefficient (Wildman–Crippen LogP) is -0.655. The van der Waals surface area contributed by atoms with E-state index in [1.807, 2.05) is 0 Å². The summed E-state index contributed by atoms with van der Waals surface area (Å²) in [6.45, 7) is 0. The zero-order valence-electron chi connectivity index (χ0n) is 2.57. The molecule has 1 radical (unpaired) electrons. The van der Waals surface area contributed by atoms with E-state index in [-0.39, 0.29) is 22.4 Å². The first-order valence-corrected chi connectivity index (χ1v) is 2.10. The van der Waals surface area contributed by atoms with Crippen molar-refractivity contribution in [3.05, 3.63) is 0 Å². The zero-order valence-corrected chi connectivity index (χ0v) is 6.60. The largest absolute Gasteiger partial charge is 0.394 e. The van der Waals surface area contributed by atoms with Crippen LogP contribution in [0, 0.1) is 0 Å². The second-order valence-electron chi connectivity index (χ2n) is 0.448. The van der Waals surface area contributed by atoms with Crippen LogP contribution in [0.4, 0.5) is 0 Å². The number of hydrogen-bond donors (Lipinski definition) is 2. The van der Waals surface area contributed by atoms with E-state index in [1.54, 1.807) is 0 Å². The van der Waals surface area contributed by atoms with Gasteiger partial charge in [0.05, 0.1) is 0 Å². The fourth-order valence-electron chi connectivity index (χ4n) is 0. The number of hydrogen-bond acceptors (Lipinski definition) is 2. The molecule has 0 amide bonds. The minimum atomic E-state index is -4.67. The quantitative estimate of drug-likeness (QED) is 0.578. The Morgan fingerprint density at radius 2 is 1.17 bits per heavy atom. The predicted molar refractivity (Wildman–Crippen MR) is 14.2 cm³/mol. The van der Waals surface area contributed by atoms with Crippen LogP contribution in [0.1, 0.15) is 0 Å². The van der Waals surface area contributed by atoms with Crippen molar-refractivity contribution in [1.82, 2.24) is 0 Å². The maximum atomic E-state index is 8.74. The Hall–Kier alpha value is 0.610. The molecule has 0 aliphatic rings. The van der Waals surface area contributed by atoms with Crippen LogP contribution in [-0.2, 0) is 32.8 Å². The Morgan fingerprint density at radius 1 is 1.17 bits per heavy atom. The third-order valence-corrected chi connectivity index (χ3v) is 0. The van der Waals surface area contributed by atoms with Crippen molar-refractivity contribution in [1.29, 1.82) is 0 Å². The minimum Gasteiger partial charge on any atom is -0.264 e. The van der Waals surface area contributed by atoms with Crippen LogP contribution in [0.3, 0.4) is 0 Å². The molecule has 0 bridgehead atoms. The van der Waals surface area contributed by atoms with Crippen molar-refractivity contribution in [2.24, 2.45) is 0 Å². The van der Waals surface area contributed by atoms with Gasteiger partial charge in [-0.05, 0) is 0 Å². The summed E-state index contributed by atoms with van der Waals surface area (Å²) in [5.74, 6) is 0. The average molecular weight is 279 g/mol. The van der Waals surface area contributed by atoms with E-state index in [0.29, 0.717) is 0 Å². The van der Waals surface area contributed by atoms with Crippen molar-refractivity contribution in [2.45, 2.75) is 0 Å². The van der Waals surface area contributed by atoms with Crippen LogP contribution in [0.2, 0.25) is 0 Å². The second kappa shape index (κ2) is 2.73. The van der Waals surface area contributed by atoms with Gasteiger partial charge >= 0.3 is 10.4 Å². The van der Waals surface area contributed by atoms with E-state index in [9.17, 15) is 0 Å². The van der Waals surface area contributed by atoms with Gasteiger partial charge in [-0.15, -0.1) is 0 Å². The van der Waals surface area contributed by atoms with Gasteiger partial charge in [-0.3, -0.25) is 9.11 Å². The Morgan fingerprint density at radius 3 is 1.17 bits per heavy atom.